The Kier molecular flexibility index (Phi) is 5.09. The zero-order valence-corrected chi connectivity index (χ0v) is 16.1. The van der Waals surface area contributed by atoms with Crippen molar-refractivity contribution < 1.29 is 9.59 Å². The van der Waals surface area contributed by atoms with Gasteiger partial charge in [0.1, 0.15) is 0 Å². The van der Waals surface area contributed by atoms with E-state index in [4.69, 9.17) is 11.6 Å². The van der Waals surface area contributed by atoms with Crippen LogP contribution in [0, 0.1) is 5.92 Å². The molecule has 1 aliphatic rings. The maximum Gasteiger partial charge on any atom is 0.253 e. The Labute approximate surface area is 166 Å². The normalized spacial score (nSPS) is 17.1. The molecule has 1 saturated heterocycles. The molecule has 1 aliphatic heterocycles. The Morgan fingerprint density at radius 2 is 1.93 bits per heavy atom. The fourth-order valence-corrected chi connectivity index (χ4v) is 4.28. The van der Waals surface area contributed by atoms with Gasteiger partial charge in [0.25, 0.3) is 5.91 Å². The first kappa shape index (κ1) is 17.9. The molecule has 0 bridgehead atoms. The summed E-state index contributed by atoms with van der Waals surface area (Å²) in [7, 11) is 0. The second-order valence-corrected chi connectivity index (χ2v) is 8.04. The molecule has 0 spiro atoms. The molecule has 2 heterocycles. The molecule has 3 aromatic rings. The molecule has 1 atom stereocenters. The van der Waals surface area contributed by atoms with Crippen LogP contribution in [0.5, 0.6) is 0 Å². The van der Waals surface area contributed by atoms with Crippen LogP contribution < -0.4 is 5.32 Å². The van der Waals surface area contributed by atoms with E-state index in [9.17, 15) is 9.59 Å². The highest BCUT2D eigenvalue weighted by Crippen LogP contribution is 2.27. The third kappa shape index (κ3) is 3.96. The molecule has 1 N–H and O–H groups in total. The Balaban J connectivity index is 1.43. The van der Waals surface area contributed by atoms with E-state index in [0.717, 1.165) is 23.1 Å². The lowest BCUT2D eigenvalue weighted by molar-refractivity contribution is -0.121. The number of rotatable bonds is 3. The third-order valence-corrected chi connectivity index (χ3v) is 5.90. The van der Waals surface area contributed by atoms with Crippen molar-refractivity contribution in [2.45, 2.75) is 12.8 Å². The van der Waals surface area contributed by atoms with Crippen molar-refractivity contribution >= 4 is 50.1 Å². The quantitative estimate of drug-likeness (QED) is 0.708. The summed E-state index contributed by atoms with van der Waals surface area (Å²) in [6.45, 7) is 1.07. The number of para-hydroxylation sites is 1. The molecule has 0 unspecified atom stereocenters. The van der Waals surface area contributed by atoms with Gasteiger partial charge in [-0.15, -0.1) is 0 Å². The summed E-state index contributed by atoms with van der Waals surface area (Å²) in [4.78, 5) is 31.6. The van der Waals surface area contributed by atoms with Gasteiger partial charge in [-0.3, -0.25) is 9.59 Å². The number of amides is 2. The van der Waals surface area contributed by atoms with Gasteiger partial charge in [-0.25, -0.2) is 4.98 Å². The molecule has 138 valence electrons. The number of carbonyl (C=O) groups excluding carboxylic acids is 2. The Morgan fingerprint density at radius 3 is 2.70 bits per heavy atom. The van der Waals surface area contributed by atoms with Gasteiger partial charge in [0.2, 0.25) is 5.91 Å². The molecule has 0 saturated carbocycles. The molecule has 4 rings (SSSR count). The van der Waals surface area contributed by atoms with Crippen LogP contribution in [-0.4, -0.2) is 34.8 Å². The number of likely N-dealkylation sites (tertiary alicyclic amines) is 1. The summed E-state index contributed by atoms with van der Waals surface area (Å²) in [6.07, 6.45) is 1.57. The number of hydrogen-bond acceptors (Lipinski definition) is 4. The van der Waals surface area contributed by atoms with E-state index in [0.29, 0.717) is 28.8 Å². The summed E-state index contributed by atoms with van der Waals surface area (Å²) < 4.78 is 1.04. The number of carbonyl (C=O) groups is 2. The van der Waals surface area contributed by atoms with Gasteiger partial charge in [-0.1, -0.05) is 35.1 Å². The second-order valence-electron chi connectivity index (χ2n) is 6.57. The lowest BCUT2D eigenvalue weighted by Crippen LogP contribution is -2.43. The minimum Gasteiger partial charge on any atom is -0.338 e. The molecule has 5 nitrogen and oxygen atoms in total. The highest BCUT2D eigenvalue weighted by Gasteiger charge is 2.29. The SMILES string of the molecule is O=C(Nc1nc2ccccc2s1)[C@@H]1CCCN(C(=O)c2ccc(Cl)cc2)C1. The van der Waals surface area contributed by atoms with Crippen LogP contribution in [0.15, 0.2) is 48.5 Å². The van der Waals surface area contributed by atoms with Gasteiger partial charge >= 0.3 is 0 Å². The molecule has 0 radical (unpaired) electrons. The van der Waals surface area contributed by atoms with Gasteiger partial charge < -0.3 is 10.2 Å². The predicted molar refractivity (Wildman–Crippen MR) is 108 cm³/mol. The number of thiazole rings is 1. The van der Waals surface area contributed by atoms with Gasteiger partial charge in [0.05, 0.1) is 16.1 Å². The monoisotopic (exact) mass is 399 g/mol. The smallest absolute Gasteiger partial charge is 0.253 e. The van der Waals surface area contributed by atoms with Crippen molar-refractivity contribution in [3.8, 4) is 0 Å². The average Bonchev–Trinajstić information content (AvgIpc) is 3.10. The lowest BCUT2D eigenvalue weighted by Gasteiger charge is -2.32. The zero-order valence-electron chi connectivity index (χ0n) is 14.5. The zero-order chi connectivity index (χ0) is 18.8. The van der Waals surface area contributed by atoms with E-state index >= 15 is 0 Å². The molecule has 0 aliphatic carbocycles. The van der Waals surface area contributed by atoms with E-state index in [1.807, 2.05) is 24.3 Å². The van der Waals surface area contributed by atoms with Crippen molar-refractivity contribution in [2.24, 2.45) is 5.92 Å². The number of fused-ring (bicyclic) bond motifs is 1. The number of piperidine rings is 1. The highest BCUT2D eigenvalue weighted by molar-refractivity contribution is 7.22. The molecule has 1 fully saturated rings. The number of hydrogen-bond donors (Lipinski definition) is 1. The maximum absolute atomic E-state index is 12.7. The van der Waals surface area contributed by atoms with Crippen molar-refractivity contribution in [1.29, 1.82) is 0 Å². The van der Waals surface area contributed by atoms with Crippen LogP contribution in [0.4, 0.5) is 5.13 Å². The van der Waals surface area contributed by atoms with Crippen LogP contribution in [0.25, 0.3) is 10.2 Å². The van der Waals surface area contributed by atoms with Gasteiger partial charge in [0, 0.05) is 23.7 Å². The number of halogens is 1. The fourth-order valence-electron chi connectivity index (χ4n) is 3.28. The molecule has 2 aromatic carbocycles. The van der Waals surface area contributed by atoms with E-state index in [2.05, 4.69) is 10.3 Å². The molecule has 7 heteroatoms. The van der Waals surface area contributed by atoms with Crippen molar-refractivity contribution in [3.05, 3.63) is 59.1 Å². The summed E-state index contributed by atoms with van der Waals surface area (Å²) >= 11 is 7.35. The summed E-state index contributed by atoms with van der Waals surface area (Å²) in [5.74, 6) is -0.381. The number of anilines is 1. The maximum atomic E-state index is 12.7. The fraction of sp³-hybridized carbons (Fsp3) is 0.250. The second kappa shape index (κ2) is 7.66. The van der Waals surface area contributed by atoms with E-state index in [1.54, 1.807) is 29.2 Å². The molecule has 1 aromatic heterocycles. The first-order valence-electron chi connectivity index (χ1n) is 8.81. The van der Waals surface area contributed by atoms with Crippen LogP contribution in [0.1, 0.15) is 23.2 Å². The van der Waals surface area contributed by atoms with Gasteiger partial charge in [-0.2, -0.15) is 0 Å². The van der Waals surface area contributed by atoms with Crippen LogP contribution in [0.2, 0.25) is 5.02 Å². The van der Waals surface area contributed by atoms with Crippen molar-refractivity contribution in [1.82, 2.24) is 9.88 Å². The lowest BCUT2D eigenvalue weighted by atomic mass is 9.96. The molecule has 2 amide bonds. The molecular formula is C20H18ClN3O2S. The number of nitrogens with zero attached hydrogens (tertiary/aromatic N) is 2. The van der Waals surface area contributed by atoms with Crippen LogP contribution in [0.3, 0.4) is 0 Å². The number of nitrogens with one attached hydrogen (secondary N) is 1. The van der Waals surface area contributed by atoms with Gasteiger partial charge in [0.15, 0.2) is 5.13 Å². The largest absolute Gasteiger partial charge is 0.338 e. The Morgan fingerprint density at radius 1 is 1.15 bits per heavy atom. The Hall–Kier alpha value is -2.44. The first-order chi connectivity index (χ1) is 13.1. The molecule has 27 heavy (non-hydrogen) atoms. The summed E-state index contributed by atoms with van der Waals surface area (Å²) in [6, 6.07) is 14.6. The predicted octanol–water partition coefficient (Wildman–Crippen LogP) is 4.44. The van der Waals surface area contributed by atoms with Crippen LogP contribution in [-0.2, 0) is 4.79 Å². The average molecular weight is 400 g/mol. The minimum absolute atomic E-state index is 0.0656. The van der Waals surface area contributed by atoms with Gasteiger partial charge in [-0.05, 0) is 49.2 Å². The standard InChI is InChI=1S/C20H18ClN3O2S/c21-15-9-7-13(8-10-15)19(26)24-11-3-4-14(12-24)18(25)23-20-22-16-5-1-2-6-17(16)27-20/h1-2,5-10,14H,3-4,11-12H2,(H,22,23,25)/t14-/m1/s1. The van der Waals surface area contributed by atoms with E-state index < -0.39 is 0 Å². The topological polar surface area (TPSA) is 62.3 Å². The molecular weight excluding hydrogens is 382 g/mol. The number of aromatic nitrogens is 1. The number of benzene rings is 2. The minimum atomic E-state index is -0.234. The van der Waals surface area contributed by atoms with Crippen molar-refractivity contribution in [2.75, 3.05) is 18.4 Å². The third-order valence-electron chi connectivity index (χ3n) is 4.69. The van der Waals surface area contributed by atoms with Crippen molar-refractivity contribution in [3.63, 3.8) is 0 Å². The first-order valence-corrected chi connectivity index (χ1v) is 10.0. The van der Waals surface area contributed by atoms with Crippen LogP contribution >= 0.6 is 22.9 Å². The highest BCUT2D eigenvalue weighted by atomic mass is 35.5. The Bertz CT molecular complexity index is 953. The van der Waals surface area contributed by atoms with E-state index in [-0.39, 0.29) is 17.7 Å². The van der Waals surface area contributed by atoms with E-state index in [1.165, 1.54) is 11.3 Å². The summed E-state index contributed by atoms with van der Waals surface area (Å²) in [5, 5.41) is 4.12. The summed E-state index contributed by atoms with van der Waals surface area (Å²) in [5.41, 5.74) is 1.47.